The first-order valence-corrected chi connectivity index (χ1v) is 10.6. The first kappa shape index (κ1) is 19.3. The zero-order valence-electron chi connectivity index (χ0n) is 13.6. The predicted octanol–water partition coefficient (Wildman–Crippen LogP) is 4.87. The monoisotopic (exact) mass is 391 g/mol. The fourth-order valence-corrected chi connectivity index (χ4v) is 6.05. The summed E-state index contributed by atoms with van der Waals surface area (Å²) in [6.45, 7) is 7.05. The molecule has 2 aromatic rings. The van der Waals surface area contributed by atoms with Gasteiger partial charge in [-0.2, -0.15) is 0 Å². The predicted molar refractivity (Wildman–Crippen MR) is 110 cm³/mol. The van der Waals surface area contributed by atoms with Gasteiger partial charge in [-0.3, -0.25) is 0 Å². The Morgan fingerprint density at radius 1 is 0.909 bits per heavy atom. The van der Waals surface area contributed by atoms with Crippen LogP contribution in [0.1, 0.15) is 27.2 Å². The largest absolute Gasteiger partial charge is 0.126 e. The number of hydrogen-bond donors (Lipinski definition) is 0. The van der Waals surface area contributed by atoms with E-state index in [4.69, 9.17) is 0 Å². The van der Waals surface area contributed by atoms with Gasteiger partial charge in [0.1, 0.15) is 8.80 Å². The molecule has 117 valence electrons. The van der Waals surface area contributed by atoms with Crippen molar-refractivity contribution >= 4 is 52.7 Å². The minimum absolute atomic E-state index is 0.327. The Morgan fingerprint density at radius 2 is 1.32 bits per heavy atom. The van der Waals surface area contributed by atoms with E-state index in [2.05, 4.69) is 110 Å². The maximum Gasteiger partial charge on any atom is 0.126 e. The molecule has 0 fully saturated rings. The maximum atomic E-state index is 4.50. The minimum Gasteiger partial charge on any atom is -0.0935 e. The summed E-state index contributed by atoms with van der Waals surface area (Å²) >= 11 is 7.71. The van der Waals surface area contributed by atoms with Crippen molar-refractivity contribution in [1.29, 1.82) is 0 Å². The summed E-state index contributed by atoms with van der Waals surface area (Å²) in [5.41, 5.74) is 0. The highest BCUT2D eigenvalue weighted by molar-refractivity contribution is 9.09. The van der Waals surface area contributed by atoms with Gasteiger partial charge in [-0.05, 0) is 16.8 Å². The van der Waals surface area contributed by atoms with Gasteiger partial charge in [0, 0.05) is 5.33 Å². The van der Waals surface area contributed by atoms with Crippen LogP contribution in [0.15, 0.2) is 60.7 Å². The molecule has 0 amide bonds. The third-order valence-electron chi connectivity index (χ3n) is 3.10. The number of alkyl halides is 1. The molecule has 0 saturated heterocycles. The molecule has 2 aromatic carbocycles. The average Bonchev–Trinajstić information content (AvgIpc) is 2.50. The summed E-state index contributed by atoms with van der Waals surface area (Å²) in [6.07, 6.45) is 0.995. The molecule has 0 aliphatic heterocycles. The summed E-state index contributed by atoms with van der Waals surface area (Å²) in [5.74, 6) is 0. The summed E-state index contributed by atoms with van der Waals surface area (Å²) in [6, 6.07) is 21.9. The molecule has 0 heterocycles. The fraction of sp³-hybridized carbons (Fsp3) is 0.316. The van der Waals surface area contributed by atoms with E-state index in [9.17, 15) is 0 Å². The van der Waals surface area contributed by atoms with Gasteiger partial charge in [0.15, 0.2) is 0 Å². The molecular formula is C19H24BrSSi. The lowest BCUT2D eigenvalue weighted by Gasteiger charge is -2.29. The number of halogens is 1. The van der Waals surface area contributed by atoms with Gasteiger partial charge in [-0.25, -0.2) is 0 Å². The van der Waals surface area contributed by atoms with E-state index in [1.54, 1.807) is 5.37 Å². The van der Waals surface area contributed by atoms with Gasteiger partial charge in [-0.1, -0.05) is 120 Å². The minimum atomic E-state index is -0.715. The van der Waals surface area contributed by atoms with Gasteiger partial charge in [0.05, 0.1) is 0 Å². The van der Waals surface area contributed by atoms with E-state index >= 15 is 0 Å². The van der Waals surface area contributed by atoms with E-state index in [0.717, 1.165) is 11.8 Å². The van der Waals surface area contributed by atoms with E-state index in [1.165, 1.54) is 10.4 Å². The summed E-state index contributed by atoms with van der Waals surface area (Å²) in [7, 11) is -0.715. The number of rotatable bonds is 4. The van der Waals surface area contributed by atoms with Crippen LogP contribution < -0.4 is 10.4 Å². The zero-order valence-corrected chi connectivity index (χ0v) is 17.0. The molecular weight excluding hydrogens is 368 g/mol. The van der Waals surface area contributed by atoms with Crippen molar-refractivity contribution in [2.45, 2.75) is 32.2 Å². The van der Waals surface area contributed by atoms with Crippen LogP contribution in [-0.2, 0) is 0 Å². The molecule has 0 bridgehead atoms. The Labute approximate surface area is 150 Å². The van der Waals surface area contributed by atoms with Crippen molar-refractivity contribution in [2.24, 2.45) is 0 Å². The van der Waals surface area contributed by atoms with Crippen molar-refractivity contribution in [2.75, 3.05) is 5.33 Å². The molecule has 0 spiro atoms. The Balaban J connectivity index is 0.000000422. The first-order chi connectivity index (χ1) is 10.5. The van der Waals surface area contributed by atoms with E-state index in [-0.39, 0.29) is 0 Å². The standard InChI is InChI=1S/C16H19Si.C3H5BrS/c1-16(2,3)17(14-10-6-4-7-11-14)15-12-8-5-9-13-15;4-2-1-3-5/h4-13H,1-3H3;3H,1-2H2. The average molecular weight is 392 g/mol. The molecule has 0 aliphatic carbocycles. The highest BCUT2D eigenvalue weighted by Crippen LogP contribution is 2.26. The van der Waals surface area contributed by atoms with Crippen LogP contribution in [0.25, 0.3) is 0 Å². The molecule has 0 unspecified atom stereocenters. The Bertz CT molecular complexity index is 495. The lowest BCUT2D eigenvalue weighted by molar-refractivity contribution is 0.750. The normalized spacial score (nSPS) is 10.8. The second-order valence-electron chi connectivity index (χ2n) is 6.00. The van der Waals surface area contributed by atoms with Crippen molar-refractivity contribution in [3.05, 3.63) is 60.7 Å². The van der Waals surface area contributed by atoms with Crippen LogP contribution in [0.5, 0.6) is 0 Å². The highest BCUT2D eigenvalue weighted by atomic mass is 79.9. The first-order valence-electron chi connectivity index (χ1n) is 7.48. The van der Waals surface area contributed by atoms with Gasteiger partial charge in [0.2, 0.25) is 0 Å². The SMILES string of the molecule is CC(C)(C)[Si](c1ccccc1)c1ccccc1.S=CCCBr. The van der Waals surface area contributed by atoms with Crippen LogP contribution in [-0.4, -0.2) is 19.5 Å². The molecule has 0 aromatic heterocycles. The lowest BCUT2D eigenvalue weighted by atomic mass is 10.2. The van der Waals surface area contributed by atoms with Crippen LogP contribution >= 0.6 is 28.1 Å². The second kappa shape index (κ2) is 10.1. The highest BCUT2D eigenvalue weighted by Gasteiger charge is 2.29. The van der Waals surface area contributed by atoms with Crippen LogP contribution in [0.3, 0.4) is 0 Å². The maximum absolute atomic E-state index is 4.50. The second-order valence-corrected chi connectivity index (χ2v) is 10.5. The lowest BCUT2D eigenvalue weighted by Crippen LogP contribution is -2.48. The zero-order chi connectivity index (χ0) is 16.4. The molecule has 0 aliphatic rings. The van der Waals surface area contributed by atoms with Crippen molar-refractivity contribution in [3.63, 3.8) is 0 Å². The molecule has 0 saturated carbocycles. The third-order valence-corrected chi connectivity index (χ3v) is 7.12. The van der Waals surface area contributed by atoms with Crippen molar-refractivity contribution < 1.29 is 0 Å². The van der Waals surface area contributed by atoms with Gasteiger partial charge in [0.25, 0.3) is 0 Å². The Morgan fingerprint density at radius 3 is 1.55 bits per heavy atom. The summed E-state index contributed by atoms with van der Waals surface area (Å²) in [5, 5.41) is 6.03. The third kappa shape index (κ3) is 6.55. The van der Waals surface area contributed by atoms with Crippen LogP contribution in [0, 0.1) is 0 Å². The van der Waals surface area contributed by atoms with Crippen LogP contribution in [0.2, 0.25) is 5.04 Å². The van der Waals surface area contributed by atoms with Gasteiger partial charge < -0.3 is 0 Å². The molecule has 3 heteroatoms. The Hall–Kier alpha value is -0.773. The number of thiocarbonyl (C=S) groups is 1. The van der Waals surface area contributed by atoms with Crippen molar-refractivity contribution in [3.8, 4) is 0 Å². The summed E-state index contributed by atoms with van der Waals surface area (Å²) in [4.78, 5) is 0. The number of hydrogen-bond acceptors (Lipinski definition) is 1. The molecule has 1 radical (unpaired) electrons. The summed E-state index contributed by atoms with van der Waals surface area (Å²) < 4.78 is 0. The molecule has 0 atom stereocenters. The van der Waals surface area contributed by atoms with Gasteiger partial charge >= 0.3 is 0 Å². The van der Waals surface area contributed by atoms with E-state index in [1.807, 2.05) is 0 Å². The quantitative estimate of drug-likeness (QED) is 0.407. The molecule has 0 nitrogen and oxygen atoms in total. The number of benzene rings is 2. The fourth-order valence-electron chi connectivity index (χ4n) is 2.29. The van der Waals surface area contributed by atoms with E-state index in [0.29, 0.717) is 5.04 Å². The Kier molecular flexibility index (Phi) is 8.84. The molecule has 0 N–H and O–H groups in total. The molecule has 22 heavy (non-hydrogen) atoms. The van der Waals surface area contributed by atoms with Gasteiger partial charge in [-0.15, -0.1) is 0 Å². The topological polar surface area (TPSA) is 0 Å². The smallest absolute Gasteiger partial charge is 0.0935 e. The molecule has 2 rings (SSSR count). The van der Waals surface area contributed by atoms with Crippen molar-refractivity contribution in [1.82, 2.24) is 0 Å². The van der Waals surface area contributed by atoms with E-state index < -0.39 is 8.80 Å². The van der Waals surface area contributed by atoms with Crippen LogP contribution in [0.4, 0.5) is 0 Å².